The van der Waals surface area contributed by atoms with Crippen LogP contribution in [0.2, 0.25) is 0 Å². The second kappa shape index (κ2) is 4.39. The summed E-state index contributed by atoms with van der Waals surface area (Å²) in [5, 5.41) is 4.78. The van der Waals surface area contributed by atoms with Crippen molar-refractivity contribution >= 4 is 28.3 Å². The SMILES string of the molecule is CC(C)([CH]C(=O)Nc1nccs1)C(N)=O. The van der Waals surface area contributed by atoms with Gasteiger partial charge in [0, 0.05) is 11.6 Å². The van der Waals surface area contributed by atoms with E-state index >= 15 is 0 Å². The zero-order valence-corrected chi connectivity index (χ0v) is 9.30. The Labute approximate surface area is 91.7 Å². The van der Waals surface area contributed by atoms with E-state index in [0.717, 1.165) is 0 Å². The Balaban J connectivity index is 2.53. The van der Waals surface area contributed by atoms with Crippen LogP contribution >= 0.6 is 11.3 Å². The Bertz CT molecular complexity index is 359. The monoisotopic (exact) mass is 226 g/mol. The van der Waals surface area contributed by atoms with Crippen molar-refractivity contribution in [2.45, 2.75) is 13.8 Å². The third-order valence-electron chi connectivity index (χ3n) is 1.79. The number of hydrogen-bond donors (Lipinski definition) is 2. The third kappa shape index (κ3) is 3.32. The molecule has 0 fully saturated rings. The van der Waals surface area contributed by atoms with Crippen LogP contribution in [-0.4, -0.2) is 16.8 Å². The molecule has 0 aliphatic rings. The van der Waals surface area contributed by atoms with E-state index in [1.54, 1.807) is 25.4 Å². The number of thiazole rings is 1. The topological polar surface area (TPSA) is 85.1 Å². The maximum absolute atomic E-state index is 11.4. The molecule has 1 radical (unpaired) electrons. The number of nitrogens with one attached hydrogen (secondary N) is 1. The van der Waals surface area contributed by atoms with Crippen molar-refractivity contribution in [1.82, 2.24) is 4.98 Å². The predicted molar refractivity (Wildman–Crippen MR) is 58.0 cm³/mol. The molecule has 0 saturated carbocycles. The van der Waals surface area contributed by atoms with E-state index in [4.69, 9.17) is 5.73 Å². The molecule has 0 spiro atoms. The Kier molecular flexibility index (Phi) is 3.41. The van der Waals surface area contributed by atoms with Crippen LogP contribution in [0.25, 0.3) is 0 Å². The molecule has 5 nitrogen and oxygen atoms in total. The summed E-state index contributed by atoms with van der Waals surface area (Å²) in [5.74, 6) is -0.925. The van der Waals surface area contributed by atoms with Gasteiger partial charge in [0.2, 0.25) is 11.8 Å². The van der Waals surface area contributed by atoms with Crippen molar-refractivity contribution in [3.63, 3.8) is 0 Å². The number of carbonyl (C=O) groups is 2. The van der Waals surface area contributed by atoms with Crippen LogP contribution in [0.1, 0.15) is 13.8 Å². The lowest BCUT2D eigenvalue weighted by molar-refractivity contribution is -0.127. The quantitative estimate of drug-likeness (QED) is 0.796. The van der Waals surface area contributed by atoms with Gasteiger partial charge in [-0.3, -0.25) is 9.59 Å². The number of amides is 2. The number of carbonyl (C=O) groups excluding carboxylic acids is 2. The van der Waals surface area contributed by atoms with Gasteiger partial charge >= 0.3 is 0 Å². The normalized spacial score (nSPS) is 11.1. The van der Waals surface area contributed by atoms with Gasteiger partial charge in [-0.2, -0.15) is 0 Å². The fraction of sp³-hybridized carbons (Fsp3) is 0.333. The maximum atomic E-state index is 11.4. The second-order valence-electron chi connectivity index (χ2n) is 3.56. The molecular weight excluding hydrogens is 214 g/mol. The molecule has 0 aliphatic heterocycles. The zero-order chi connectivity index (χ0) is 11.5. The Morgan fingerprint density at radius 2 is 2.27 bits per heavy atom. The van der Waals surface area contributed by atoms with Crippen molar-refractivity contribution in [3.05, 3.63) is 18.0 Å². The molecule has 0 atom stereocenters. The van der Waals surface area contributed by atoms with E-state index in [1.807, 2.05) is 0 Å². The molecule has 0 bridgehead atoms. The highest BCUT2D eigenvalue weighted by Gasteiger charge is 2.28. The largest absolute Gasteiger partial charge is 0.369 e. The minimum Gasteiger partial charge on any atom is -0.369 e. The molecule has 81 valence electrons. The van der Waals surface area contributed by atoms with Gasteiger partial charge < -0.3 is 11.1 Å². The zero-order valence-electron chi connectivity index (χ0n) is 8.48. The van der Waals surface area contributed by atoms with Crippen molar-refractivity contribution in [2.75, 3.05) is 5.32 Å². The number of nitrogens with two attached hydrogens (primary N) is 1. The number of anilines is 1. The molecule has 1 aromatic rings. The van der Waals surface area contributed by atoms with Crippen LogP contribution in [-0.2, 0) is 9.59 Å². The van der Waals surface area contributed by atoms with Crippen molar-refractivity contribution in [1.29, 1.82) is 0 Å². The first-order chi connectivity index (χ1) is 6.92. The standard InChI is InChI=1S/C9H12N3O2S/c1-9(2,7(10)14)5-6(13)12-8-11-3-4-15-8/h3-5H,1-2H3,(H2,10,14)(H,11,12,13). The molecule has 1 heterocycles. The minimum absolute atomic E-state index is 0.381. The van der Waals surface area contributed by atoms with Crippen molar-refractivity contribution < 1.29 is 9.59 Å². The van der Waals surface area contributed by atoms with Gasteiger partial charge in [0.1, 0.15) is 0 Å². The van der Waals surface area contributed by atoms with Gasteiger partial charge in [-0.15, -0.1) is 11.3 Å². The van der Waals surface area contributed by atoms with Gasteiger partial charge in [0.05, 0.1) is 11.8 Å². The fourth-order valence-corrected chi connectivity index (χ4v) is 1.36. The Morgan fingerprint density at radius 3 is 2.73 bits per heavy atom. The second-order valence-corrected chi connectivity index (χ2v) is 4.45. The number of hydrogen-bond acceptors (Lipinski definition) is 4. The minimum atomic E-state index is -0.957. The number of rotatable bonds is 4. The summed E-state index contributed by atoms with van der Waals surface area (Å²) in [6, 6.07) is 0. The molecule has 1 aromatic heterocycles. The van der Waals surface area contributed by atoms with Crippen LogP contribution in [0.4, 0.5) is 5.13 Å². The summed E-state index contributed by atoms with van der Waals surface area (Å²) in [6.07, 6.45) is 2.83. The first-order valence-electron chi connectivity index (χ1n) is 4.28. The van der Waals surface area contributed by atoms with E-state index in [9.17, 15) is 9.59 Å². The van der Waals surface area contributed by atoms with E-state index in [-0.39, 0.29) is 5.91 Å². The molecule has 6 heteroatoms. The summed E-state index contributed by atoms with van der Waals surface area (Å²) in [6.45, 7) is 3.16. The summed E-state index contributed by atoms with van der Waals surface area (Å²) >= 11 is 1.31. The molecule has 0 saturated heterocycles. The first kappa shape index (κ1) is 11.6. The highest BCUT2D eigenvalue weighted by Crippen LogP contribution is 2.19. The summed E-state index contributed by atoms with van der Waals surface area (Å²) < 4.78 is 0. The molecule has 1 rings (SSSR count). The molecule has 3 N–H and O–H groups in total. The van der Waals surface area contributed by atoms with Gasteiger partial charge in [0.25, 0.3) is 0 Å². The lowest BCUT2D eigenvalue weighted by Crippen LogP contribution is -2.35. The van der Waals surface area contributed by atoms with Gasteiger partial charge in [-0.25, -0.2) is 4.98 Å². The van der Waals surface area contributed by atoms with Crippen molar-refractivity contribution in [3.8, 4) is 0 Å². The molecule has 15 heavy (non-hydrogen) atoms. The number of nitrogens with zero attached hydrogens (tertiary/aromatic N) is 1. The average molecular weight is 226 g/mol. The van der Waals surface area contributed by atoms with E-state index in [1.165, 1.54) is 17.8 Å². The third-order valence-corrected chi connectivity index (χ3v) is 2.48. The van der Waals surface area contributed by atoms with Crippen LogP contribution < -0.4 is 11.1 Å². The number of aromatic nitrogens is 1. The predicted octanol–water partition coefficient (Wildman–Crippen LogP) is 0.797. The first-order valence-corrected chi connectivity index (χ1v) is 5.16. The van der Waals surface area contributed by atoms with Crippen molar-refractivity contribution in [2.24, 2.45) is 11.1 Å². The number of primary amides is 1. The van der Waals surface area contributed by atoms with Crippen LogP contribution in [0.5, 0.6) is 0 Å². The lowest BCUT2D eigenvalue weighted by atomic mass is 9.88. The summed E-state index contributed by atoms with van der Waals surface area (Å²) in [4.78, 5) is 26.3. The van der Waals surface area contributed by atoms with Crippen LogP contribution in [0.3, 0.4) is 0 Å². The molecule has 0 aliphatic carbocycles. The highest BCUT2D eigenvalue weighted by molar-refractivity contribution is 7.13. The fourth-order valence-electron chi connectivity index (χ4n) is 0.826. The summed E-state index contributed by atoms with van der Waals surface area (Å²) in [7, 11) is 0. The van der Waals surface area contributed by atoms with Gasteiger partial charge in [-0.1, -0.05) is 13.8 Å². The smallest absolute Gasteiger partial charge is 0.231 e. The summed E-state index contributed by atoms with van der Waals surface area (Å²) in [5.41, 5.74) is 4.17. The molecule has 0 unspecified atom stereocenters. The molecule has 2 amide bonds. The van der Waals surface area contributed by atoms with Crippen LogP contribution in [0.15, 0.2) is 11.6 Å². The van der Waals surface area contributed by atoms with Crippen LogP contribution in [0, 0.1) is 11.8 Å². The lowest BCUT2D eigenvalue weighted by Gasteiger charge is -2.18. The van der Waals surface area contributed by atoms with Gasteiger partial charge in [-0.05, 0) is 0 Å². The average Bonchev–Trinajstić information content (AvgIpc) is 2.54. The van der Waals surface area contributed by atoms with Gasteiger partial charge in [0.15, 0.2) is 5.13 Å². The Morgan fingerprint density at radius 1 is 1.60 bits per heavy atom. The van der Waals surface area contributed by atoms with E-state index in [2.05, 4.69) is 10.3 Å². The maximum Gasteiger partial charge on any atom is 0.231 e. The molecule has 0 aromatic carbocycles. The Hall–Kier alpha value is -1.43. The highest BCUT2D eigenvalue weighted by atomic mass is 32.1. The van der Waals surface area contributed by atoms with E-state index < -0.39 is 11.3 Å². The van der Waals surface area contributed by atoms with E-state index in [0.29, 0.717) is 5.13 Å². The molecular formula is C9H12N3O2S.